The van der Waals surface area contributed by atoms with Crippen LogP contribution in [0.1, 0.15) is 23.6 Å². The van der Waals surface area contributed by atoms with Crippen molar-refractivity contribution >= 4 is 17.5 Å². The molecule has 1 atom stereocenters. The molecule has 2 aromatic rings. The molecule has 0 saturated carbocycles. The highest BCUT2D eigenvalue weighted by Gasteiger charge is 2.29. The third kappa shape index (κ3) is 3.89. The van der Waals surface area contributed by atoms with E-state index in [1.54, 1.807) is 26.4 Å². The van der Waals surface area contributed by atoms with Gasteiger partial charge in [-0.3, -0.25) is 9.59 Å². The van der Waals surface area contributed by atoms with Crippen molar-refractivity contribution in [2.24, 2.45) is 0 Å². The highest BCUT2D eigenvalue weighted by atomic mass is 35.5. The van der Waals surface area contributed by atoms with Gasteiger partial charge in [0.15, 0.2) is 17.2 Å². The lowest BCUT2D eigenvalue weighted by Gasteiger charge is -2.19. The molecule has 0 bridgehead atoms. The molecule has 8 heteroatoms. The molecule has 160 valence electrons. The number of carbonyl (C=O) groups is 1. The van der Waals surface area contributed by atoms with Crippen molar-refractivity contribution in [3.05, 3.63) is 45.6 Å². The summed E-state index contributed by atoms with van der Waals surface area (Å²) in [5.41, 5.74) is 2.84. The largest absolute Gasteiger partial charge is 0.493 e. The number of alkyl halides is 1. The Morgan fingerprint density at radius 3 is 2.33 bits per heavy atom. The van der Waals surface area contributed by atoms with Gasteiger partial charge in [-0.15, -0.1) is 11.6 Å². The van der Waals surface area contributed by atoms with Crippen LogP contribution in [0.3, 0.4) is 0 Å². The highest BCUT2D eigenvalue weighted by molar-refractivity contribution is 6.27. The number of carbonyl (C=O) groups excluding carboxylic acids is 1. The van der Waals surface area contributed by atoms with E-state index in [9.17, 15) is 9.59 Å². The van der Waals surface area contributed by atoms with Gasteiger partial charge in [-0.1, -0.05) is 6.07 Å². The lowest BCUT2D eigenvalue weighted by atomic mass is 9.95. The average molecular weight is 434 g/mol. The molecule has 7 nitrogen and oxygen atoms in total. The number of ether oxygens (including phenoxy) is 4. The van der Waals surface area contributed by atoms with Crippen LogP contribution in [-0.2, 0) is 11.2 Å². The monoisotopic (exact) mass is 433 g/mol. The molecule has 0 saturated heterocycles. The Balaban J connectivity index is 2.38. The van der Waals surface area contributed by atoms with Crippen molar-refractivity contribution in [2.45, 2.75) is 18.9 Å². The van der Waals surface area contributed by atoms with Crippen LogP contribution in [0.5, 0.6) is 23.0 Å². The molecule has 1 amide bonds. The smallest absolute Gasteiger partial charge is 0.235 e. The molecule has 1 aliphatic rings. The number of methoxy groups -OCH3 is 4. The first-order chi connectivity index (χ1) is 14.5. The van der Waals surface area contributed by atoms with Gasteiger partial charge in [0.2, 0.25) is 17.1 Å². The zero-order valence-corrected chi connectivity index (χ0v) is 18.1. The number of hydrogen-bond acceptors (Lipinski definition) is 6. The average Bonchev–Trinajstić information content (AvgIpc) is 3.00. The first-order valence-corrected chi connectivity index (χ1v) is 9.92. The Kier molecular flexibility index (Phi) is 6.72. The van der Waals surface area contributed by atoms with Crippen LogP contribution in [0.2, 0.25) is 0 Å². The highest BCUT2D eigenvalue weighted by Crippen LogP contribution is 2.50. The number of amides is 1. The molecule has 0 unspecified atom stereocenters. The van der Waals surface area contributed by atoms with Crippen LogP contribution in [0, 0.1) is 0 Å². The fraction of sp³-hybridized carbons (Fsp3) is 0.364. The summed E-state index contributed by atoms with van der Waals surface area (Å²) in [7, 11) is 6.10. The van der Waals surface area contributed by atoms with Crippen molar-refractivity contribution in [2.75, 3.05) is 34.3 Å². The van der Waals surface area contributed by atoms with Gasteiger partial charge in [0.25, 0.3) is 0 Å². The van der Waals surface area contributed by atoms with E-state index in [1.807, 2.05) is 6.07 Å². The predicted molar refractivity (Wildman–Crippen MR) is 114 cm³/mol. The summed E-state index contributed by atoms with van der Waals surface area (Å²) in [6.45, 7) is 0. The predicted octanol–water partition coefficient (Wildman–Crippen LogP) is 3.09. The molecule has 1 aliphatic carbocycles. The maximum absolute atomic E-state index is 12.7. The molecule has 0 aliphatic heterocycles. The summed E-state index contributed by atoms with van der Waals surface area (Å²) in [6, 6.07) is 6.40. The summed E-state index contributed by atoms with van der Waals surface area (Å²) < 4.78 is 22.0. The van der Waals surface area contributed by atoms with E-state index in [2.05, 4.69) is 5.32 Å². The lowest BCUT2D eigenvalue weighted by Crippen LogP contribution is -2.29. The van der Waals surface area contributed by atoms with E-state index in [1.165, 1.54) is 20.3 Å². The molecular formula is C22H24ClNO6. The molecule has 3 rings (SSSR count). The van der Waals surface area contributed by atoms with Crippen molar-refractivity contribution in [1.29, 1.82) is 0 Å². The fourth-order valence-electron chi connectivity index (χ4n) is 3.85. The van der Waals surface area contributed by atoms with Crippen molar-refractivity contribution in [3.8, 4) is 34.1 Å². The Morgan fingerprint density at radius 1 is 1.03 bits per heavy atom. The summed E-state index contributed by atoms with van der Waals surface area (Å²) in [5.74, 6) is 1.21. The van der Waals surface area contributed by atoms with Crippen molar-refractivity contribution in [1.82, 2.24) is 5.32 Å². The van der Waals surface area contributed by atoms with Gasteiger partial charge in [-0.25, -0.2) is 0 Å². The zero-order valence-electron chi connectivity index (χ0n) is 17.3. The minimum absolute atomic E-state index is 0.170. The molecule has 0 aromatic heterocycles. The standard InChI is InChI=1S/C22H24ClNO6/c1-27-17-8-6-13-14(10-16(17)25)15(24-19(26)11-23)7-5-12-9-18(28-2)21(29-3)22(30-4)20(12)13/h6,8-10,15H,5,7,11H2,1-4H3,(H,24,26)/t15-/m0/s1. The molecule has 30 heavy (non-hydrogen) atoms. The Bertz CT molecular complexity index is 1020. The summed E-state index contributed by atoms with van der Waals surface area (Å²) in [5, 5.41) is 2.92. The van der Waals surface area contributed by atoms with E-state index in [0.29, 0.717) is 35.7 Å². The van der Waals surface area contributed by atoms with Gasteiger partial charge in [-0.05, 0) is 47.7 Å². The van der Waals surface area contributed by atoms with E-state index in [-0.39, 0.29) is 23.0 Å². The number of benzene rings is 1. The van der Waals surface area contributed by atoms with Crippen LogP contribution >= 0.6 is 11.6 Å². The first-order valence-electron chi connectivity index (χ1n) is 9.38. The van der Waals surface area contributed by atoms with Gasteiger partial charge in [0.05, 0.1) is 34.5 Å². The molecule has 0 heterocycles. The maximum Gasteiger partial charge on any atom is 0.235 e. The van der Waals surface area contributed by atoms with Crippen LogP contribution in [0.25, 0.3) is 11.1 Å². The number of hydrogen-bond donors (Lipinski definition) is 1. The molecule has 1 N–H and O–H groups in total. The normalized spacial score (nSPS) is 14.6. The second-order valence-electron chi connectivity index (χ2n) is 6.75. The van der Waals surface area contributed by atoms with Gasteiger partial charge >= 0.3 is 0 Å². The first kappa shape index (κ1) is 21.8. The second kappa shape index (κ2) is 9.26. The van der Waals surface area contributed by atoms with Gasteiger partial charge in [0.1, 0.15) is 5.88 Å². The molecular weight excluding hydrogens is 410 g/mol. The number of aryl methyl sites for hydroxylation is 1. The Hall–Kier alpha value is -2.93. The van der Waals surface area contributed by atoms with Crippen LogP contribution in [0.15, 0.2) is 29.1 Å². The number of nitrogens with one attached hydrogen (secondary N) is 1. The minimum atomic E-state index is -0.412. The van der Waals surface area contributed by atoms with E-state index in [4.69, 9.17) is 30.5 Å². The summed E-state index contributed by atoms with van der Waals surface area (Å²) in [4.78, 5) is 24.8. The summed E-state index contributed by atoms with van der Waals surface area (Å²) >= 11 is 5.71. The molecule has 0 spiro atoms. The topological polar surface area (TPSA) is 83.1 Å². The quantitative estimate of drug-likeness (QED) is 0.705. The number of fused-ring (bicyclic) bond motifs is 3. The molecule has 0 fully saturated rings. The SMILES string of the molecule is COc1cc2c(c(OC)c1OC)-c1ccc(OC)c(=O)cc1[C@@H](NC(=O)CCl)CC2. The fourth-order valence-corrected chi connectivity index (χ4v) is 3.93. The second-order valence-corrected chi connectivity index (χ2v) is 7.02. The van der Waals surface area contributed by atoms with Crippen LogP contribution in [0.4, 0.5) is 0 Å². The van der Waals surface area contributed by atoms with Gasteiger partial charge < -0.3 is 24.3 Å². The van der Waals surface area contributed by atoms with E-state index < -0.39 is 6.04 Å². The van der Waals surface area contributed by atoms with Crippen LogP contribution in [-0.4, -0.2) is 40.2 Å². The number of halogens is 1. The van der Waals surface area contributed by atoms with Gasteiger partial charge in [-0.2, -0.15) is 0 Å². The van der Waals surface area contributed by atoms with Crippen LogP contribution < -0.4 is 29.7 Å². The lowest BCUT2D eigenvalue weighted by molar-refractivity contribution is -0.119. The maximum atomic E-state index is 12.7. The van der Waals surface area contributed by atoms with Crippen molar-refractivity contribution < 1.29 is 23.7 Å². The van der Waals surface area contributed by atoms with E-state index >= 15 is 0 Å². The van der Waals surface area contributed by atoms with Crippen molar-refractivity contribution in [3.63, 3.8) is 0 Å². The summed E-state index contributed by atoms with van der Waals surface area (Å²) in [6.07, 6.45) is 1.18. The minimum Gasteiger partial charge on any atom is -0.493 e. The third-order valence-electron chi connectivity index (χ3n) is 5.18. The Labute approximate surface area is 179 Å². The molecule has 0 radical (unpaired) electrons. The number of rotatable bonds is 6. The Morgan fingerprint density at radius 2 is 1.73 bits per heavy atom. The van der Waals surface area contributed by atoms with Gasteiger partial charge in [0, 0.05) is 5.56 Å². The van der Waals surface area contributed by atoms with E-state index in [0.717, 1.165) is 16.7 Å². The zero-order chi connectivity index (χ0) is 21.8. The third-order valence-corrected chi connectivity index (χ3v) is 5.42. The molecule has 2 aromatic carbocycles.